The van der Waals surface area contributed by atoms with E-state index in [4.69, 9.17) is 0 Å². The number of hydrogen-bond acceptors (Lipinski definition) is 2. The molecule has 1 rings (SSSR count). The van der Waals surface area contributed by atoms with Gasteiger partial charge in [-0.2, -0.15) is 0 Å². The van der Waals surface area contributed by atoms with Crippen LogP contribution in [0, 0.1) is 11.8 Å². The van der Waals surface area contributed by atoms with Gasteiger partial charge in [0.15, 0.2) is 0 Å². The normalized spacial score (nSPS) is 20.1. The van der Waals surface area contributed by atoms with E-state index in [1.54, 1.807) is 0 Å². The molecule has 0 saturated carbocycles. The third kappa shape index (κ3) is 5.23. The molecule has 1 aliphatic heterocycles. The van der Waals surface area contributed by atoms with Crippen LogP contribution in [0.5, 0.6) is 0 Å². The minimum atomic E-state index is -0.159. The lowest BCUT2D eigenvalue weighted by molar-refractivity contribution is -0.116. The molecule has 0 aromatic heterocycles. The molecular formula is C14H24N2O. The Kier molecular flexibility index (Phi) is 6.07. The summed E-state index contributed by atoms with van der Waals surface area (Å²) in [5.41, 5.74) is 0. The van der Waals surface area contributed by atoms with Gasteiger partial charge in [-0.15, -0.1) is 0 Å². The van der Waals surface area contributed by atoms with E-state index in [9.17, 15) is 4.79 Å². The van der Waals surface area contributed by atoms with E-state index in [-0.39, 0.29) is 11.9 Å². The molecule has 1 N–H and O–H groups in total. The Morgan fingerprint density at radius 2 is 2.29 bits per heavy atom. The standard InChI is InChI=1S/C14H24N2O/c1-4-13-8-7-11-16(13)10-6-5-9-14(17)15-12(2)3/h12-13H,4,6-8,10-11H2,1-3H3,(H,15,17). The van der Waals surface area contributed by atoms with E-state index in [0.717, 1.165) is 19.0 Å². The highest BCUT2D eigenvalue weighted by molar-refractivity contribution is 5.93. The average Bonchev–Trinajstić information content (AvgIpc) is 2.70. The zero-order chi connectivity index (χ0) is 12.7. The number of nitrogens with one attached hydrogen (secondary N) is 1. The molecule has 0 radical (unpaired) electrons. The summed E-state index contributed by atoms with van der Waals surface area (Å²) >= 11 is 0. The topological polar surface area (TPSA) is 32.3 Å². The van der Waals surface area contributed by atoms with E-state index in [1.165, 1.54) is 25.8 Å². The van der Waals surface area contributed by atoms with Crippen LogP contribution in [-0.2, 0) is 4.79 Å². The lowest BCUT2D eigenvalue weighted by atomic mass is 10.2. The maximum atomic E-state index is 11.3. The summed E-state index contributed by atoms with van der Waals surface area (Å²) < 4.78 is 0. The van der Waals surface area contributed by atoms with E-state index >= 15 is 0 Å². The van der Waals surface area contributed by atoms with Crippen molar-refractivity contribution < 1.29 is 4.79 Å². The lowest BCUT2D eigenvalue weighted by Crippen LogP contribution is -2.30. The molecule has 1 unspecified atom stereocenters. The van der Waals surface area contributed by atoms with Gasteiger partial charge in [-0.25, -0.2) is 0 Å². The molecule has 1 amide bonds. The average molecular weight is 236 g/mol. The number of amides is 1. The van der Waals surface area contributed by atoms with Crippen molar-refractivity contribution in [2.45, 2.75) is 58.5 Å². The van der Waals surface area contributed by atoms with Crippen LogP contribution in [0.3, 0.4) is 0 Å². The monoisotopic (exact) mass is 236 g/mol. The van der Waals surface area contributed by atoms with Gasteiger partial charge in [0.2, 0.25) is 0 Å². The highest BCUT2D eigenvalue weighted by Crippen LogP contribution is 2.19. The van der Waals surface area contributed by atoms with E-state index in [2.05, 4.69) is 29.0 Å². The summed E-state index contributed by atoms with van der Waals surface area (Å²) in [5.74, 6) is 5.44. The Hall–Kier alpha value is -1.01. The minimum Gasteiger partial charge on any atom is -0.343 e. The fourth-order valence-electron chi connectivity index (χ4n) is 2.29. The Bertz CT molecular complexity index is 301. The second-order valence-corrected chi connectivity index (χ2v) is 4.92. The van der Waals surface area contributed by atoms with E-state index in [1.807, 2.05) is 13.8 Å². The van der Waals surface area contributed by atoms with Crippen molar-refractivity contribution in [1.82, 2.24) is 10.2 Å². The van der Waals surface area contributed by atoms with Gasteiger partial charge in [0.1, 0.15) is 0 Å². The number of carbonyl (C=O) groups excluding carboxylic acids is 1. The fourth-order valence-corrected chi connectivity index (χ4v) is 2.29. The van der Waals surface area contributed by atoms with Gasteiger partial charge in [-0.05, 0) is 45.6 Å². The van der Waals surface area contributed by atoms with Crippen LogP contribution in [0.25, 0.3) is 0 Å². The first-order valence-electron chi connectivity index (χ1n) is 6.67. The molecule has 1 aliphatic rings. The molecule has 17 heavy (non-hydrogen) atoms. The second kappa shape index (κ2) is 7.34. The van der Waals surface area contributed by atoms with Crippen LogP contribution < -0.4 is 5.32 Å². The highest BCUT2D eigenvalue weighted by atomic mass is 16.1. The van der Waals surface area contributed by atoms with Crippen molar-refractivity contribution in [3.63, 3.8) is 0 Å². The summed E-state index contributed by atoms with van der Waals surface area (Å²) in [6.07, 6.45) is 4.64. The van der Waals surface area contributed by atoms with Gasteiger partial charge in [-0.1, -0.05) is 12.8 Å². The zero-order valence-electron chi connectivity index (χ0n) is 11.3. The highest BCUT2D eigenvalue weighted by Gasteiger charge is 2.21. The van der Waals surface area contributed by atoms with Crippen LogP contribution in [0.2, 0.25) is 0 Å². The number of hydrogen-bond donors (Lipinski definition) is 1. The Morgan fingerprint density at radius 1 is 1.53 bits per heavy atom. The Morgan fingerprint density at radius 3 is 2.94 bits per heavy atom. The zero-order valence-corrected chi connectivity index (χ0v) is 11.3. The number of carbonyl (C=O) groups is 1. The number of likely N-dealkylation sites (tertiary alicyclic amines) is 1. The molecule has 0 aliphatic carbocycles. The maximum absolute atomic E-state index is 11.3. The smallest absolute Gasteiger partial charge is 0.296 e. The molecule has 3 nitrogen and oxygen atoms in total. The summed E-state index contributed by atoms with van der Waals surface area (Å²) in [7, 11) is 0. The van der Waals surface area contributed by atoms with Crippen LogP contribution >= 0.6 is 0 Å². The molecular weight excluding hydrogens is 212 g/mol. The third-order valence-corrected chi connectivity index (χ3v) is 3.12. The molecule has 1 heterocycles. The molecule has 3 heteroatoms. The van der Waals surface area contributed by atoms with Crippen LogP contribution in [0.4, 0.5) is 0 Å². The molecule has 96 valence electrons. The number of rotatable bonds is 4. The summed E-state index contributed by atoms with van der Waals surface area (Å²) in [6.45, 7) is 8.31. The van der Waals surface area contributed by atoms with Crippen LogP contribution in [0.15, 0.2) is 0 Å². The Labute approximate surface area is 105 Å². The molecule has 1 saturated heterocycles. The predicted octanol–water partition coefficient (Wildman–Crippen LogP) is 1.78. The third-order valence-electron chi connectivity index (χ3n) is 3.12. The van der Waals surface area contributed by atoms with Crippen molar-refractivity contribution in [1.29, 1.82) is 0 Å². The first-order chi connectivity index (χ1) is 8.13. The number of nitrogens with zero attached hydrogens (tertiary/aromatic N) is 1. The summed E-state index contributed by atoms with van der Waals surface area (Å²) in [5, 5.41) is 2.76. The SMILES string of the molecule is CCC1CCCN1CCC#CC(=O)NC(C)C. The molecule has 1 fully saturated rings. The van der Waals surface area contributed by atoms with Crippen molar-refractivity contribution >= 4 is 5.91 Å². The lowest BCUT2D eigenvalue weighted by Gasteiger charge is -2.21. The summed E-state index contributed by atoms with van der Waals surface area (Å²) in [4.78, 5) is 13.8. The predicted molar refractivity (Wildman–Crippen MR) is 70.6 cm³/mol. The minimum absolute atomic E-state index is 0.159. The van der Waals surface area contributed by atoms with Crippen molar-refractivity contribution in [3.05, 3.63) is 0 Å². The van der Waals surface area contributed by atoms with Gasteiger partial charge < -0.3 is 5.32 Å². The van der Waals surface area contributed by atoms with Crippen molar-refractivity contribution in [2.24, 2.45) is 0 Å². The molecule has 0 spiro atoms. The quantitative estimate of drug-likeness (QED) is 0.755. The van der Waals surface area contributed by atoms with Crippen molar-refractivity contribution in [2.75, 3.05) is 13.1 Å². The van der Waals surface area contributed by atoms with Gasteiger partial charge in [0, 0.05) is 25.0 Å². The van der Waals surface area contributed by atoms with Gasteiger partial charge in [0.05, 0.1) is 0 Å². The molecule has 0 bridgehead atoms. The van der Waals surface area contributed by atoms with Gasteiger partial charge >= 0.3 is 0 Å². The molecule has 0 aromatic carbocycles. The first kappa shape index (κ1) is 14.1. The Balaban J connectivity index is 2.23. The van der Waals surface area contributed by atoms with Crippen LogP contribution in [-0.4, -0.2) is 36.0 Å². The van der Waals surface area contributed by atoms with E-state index in [0.29, 0.717) is 0 Å². The van der Waals surface area contributed by atoms with Crippen molar-refractivity contribution in [3.8, 4) is 11.8 Å². The summed E-state index contributed by atoms with van der Waals surface area (Å²) in [6, 6.07) is 0.904. The van der Waals surface area contributed by atoms with E-state index < -0.39 is 0 Å². The van der Waals surface area contributed by atoms with Gasteiger partial charge in [-0.3, -0.25) is 9.69 Å². The maximum Gasteiger partial charge on any atom is 0.296 e. The van der Waals surface area contributed by atoms with Crippen LogP contribution in [0.1, 0.15) is 46.5 Å². The molecule has 0 aromatic rings. The van der Waals surface area contributed by atoms with Gasteiger partial charge in [0.25, 0.3) is 5.91 Å². The first-order valence-corrected chi connectivity index (χ1v) is 6.67. The second-order valence-electron chi connectivity index (χ2n) is 4.92. The molecule has 1 atom stereocenters. The largest absolute Gasteiger partial charge is 0.343 e. The fraction of sp³-hybridized carbons (Fsp3) is 0.786.